The molecule has 104 valence electrons. The molecule has 0 bridgehead atoms. The lowest BCUT2D eigenvalue weighted by atomic mass is 10.0. The molecule has 1 aromatic carbocycles. The topological polar surface area (TPSA) is 64.4 Å². The highest BCUT2D eigenvalue weighted by Crippen LogP contribution is 2.29. The van der Waals surface area contributed by atoms with Gasteiger partial charge in [-0.15, -0.1) is 0 Å². The van der Waals surface area contributed by atoms with Gasteiger partial charge in [0, 0.05) is 6.04 Å². The zero-order valence-corrected chi connectivity index (χ0v) is 10.6. The molecule has 1 fully saturated rings. The molecule has 1 unspecified atom stereocenters. The number of halogens is 1. The van der Waals surface area contributed by atoms with E-state index >= 15 is 0 Å². The van der Waals surface area contributed by atoms with Crippen LogP contribution in [0.2, 0.25) is 0 Å². The van der Waals surface area contributed by atoms with E-state index in [4.69, 9.17) is 4.74 Å². The quantitative estimate of drug-likeness (QED) is 0.658. The minimum absolute atomic E-state index is 0.000749. The van der Waals surface area contributed by atoms with Crippen LogP contribution in [0.3, 0.4) is 0 Å². The summed E-state index contributed by atoms with van der Waals surface area (Å²) < 4.78 is 18.7. The Bertz CT molecular complexity index is 448. The Morgan fingerprint density at radius 2 is 2.32 bits per heavy atom. The van der Waals surface area contributed by atoms with Gasteiger partial charge >= 0.3 is 5.69 Å². The Balaban J connectivity index is 1.92. The van der Waals surface area contributed by atoms with E-state index in [0.29, 0.717) is 12.6 Å². The SMILES string of the molecule is O=[N+]([O-])c1c(F)cccc1OCCC1CCCCN1. The molecule has 1 saturated heterocycles. The van der Waals surface area contributed by atoms with Crippen LogP contribution < -0.4 is 10.1 Å². The van der Waals surface area contributed by atoms with E-state index in [1.165, 1.54) is 25.0 Å². The molecular formula is C13H17FN2O3. The fourth-order valence-electron chi connectivity index (χ4n) is 2.27. The highest BCUT2D eigenvalue weighted by Gasteiger charge is 2.21. The average Bonchev–Trinajstić information content (AvgIpc) is 2.39. The fourth-order valence-corrected chi connectivity index (χ4v) is 2.27. The van der Waals surface area contributed by atoms with E-state index < -0.39 is 16.4 Å². The average molecular weight is 268 g/mol. The summed E-state index contributed by atoms with van der Waals surface area (Å²) in [7, 11) is 0. The van der Waals surface area contributed by atoms with E-state index in [1.807, 2.05) is 0 Å². The number of nitrogens with zero attached hydrogens (tertiary/aromatic N) is 1. The molecule has 1 aromatic rings. The largest absolute Gasteiger partial charge is 0.487 e. The second-order valence-corrected chi connectivity index (χ2v) is 4.63. The van der Waals surface area contributed by atoms with Crippen LogP contribution in [0.15, 0.2) is 18.2 Å². The molecule has 5 nitrogen and oxygen atoms in total. The number of para-hydroxylation sites is 1. The van der Waals surface area contributed by atoms with Crippen LogP contribution in [0.25, 0.3) is 0 Å². The number of hydrogen-bond acceptors (Lipinski definition) is 4. The zero-order chi connectivity index (χ0) is 13.7. The van der Waals surface area contributed by atoms with Crippen molar-refractivity contribution in [3.63, 3.8) is 0 Å². The molecule has 0 spiro atoms. The summed E-state index contributed by atoms with van der Waals surface area (Å²) in [4.78, 5) is 10.0. The number of ether oxygens (including phenoxy) is 1. The van der Waals surface area contributed by atoms with E-state index in [-0.39, 0.29) is 5.75 Å². The molecule has 1 heterocycles. The number of nitrogens with one attached hydrogen (secondary N) is 1. The van der Waals surface area contributed by atoms with E-state index in [2.05, 4.69) is 5.32 Å². The fraction of sp³-hybridized carbons (Fsp3) is 0.538. The van der Waals surface area contributed by atoms with Crippen molar-refractivity contribution >= 4 is 5.69 Å². The van der Waals surface area contributed by atoms with Crippen molar-refractivity contribution in [2.45, 2.75) is 31.7 Å². The molecule has 0 radical (unpaired) electrons. The molecule has 19 heavy (non-hydrogen) atoms. The Hall–Kier alpha value is -1.69. The molecule has 0 aromatic heterocycles. The second-order valence-electron chi connectivity index (χ2n) is 4.63. The van der Waals surface area contributed by atoms with Crippen molar-refractivity contribution < 1.29 is 14.1 Å². The summed E-state index contributed by atoms with van der Waals surface area (Å²) >= 11 is 0. The van der Waals surface area contributed by atoms with Gasteiger partial charge in [0.05, 0.1) is 11.5 Å². The molecular weight excluding hydrogens is 251 g/mol. The normalized spacial score (nSPS) is 19.1. The third-order valence-corrected chi connectivity index (χ3v) is 3.27. The molecule has 0 saturated carbocycles. The van der Waals surface area contributed by atoms with Crippen molar-refractivity contribution in [1.82, 2.24) is 5.32 Å². The van der Waals surface area contributed by atoms with Crippen LogP contribution in [0.1, 0.15) is 25.7 Å². The van der Waals surface area contributed by atoms with Gasteiger partial charge in [0.15, 0.2) is 5.75 Å². The third-order valence-electron chi connectivity index (χ3n) is 3.27. The van der Waals surface area contributed by atoms with Gasteiger partial charge in [-0.2, -0.15) is 4.39 Å². The molecule has 1 atom stereocenters. The van der Waals surface area contributed by atoms with Gasteiger partial charge < -0.3 is 10.1 Å². The molecule has 1 aliphatic rings. The van der Waals surface area contributed by atoms with Gasteiger partial charge in [0.2, 0.25) is 5.82 Å². The first-order chi connectivity index (χ1) is 9.18. The van der Waals surface area contributed by atoms with E-state index in [9.17, 15) is 14.5 Å². The summed E-state index contributed by atoms with van der Waals surface area (Å²) in [6.07, 6.45) is 4.24. The minimum atomic E-state index is -0.863. The first-order valence-electron chi connectivity index (χ1n) is 6.47. The summed E-state index contributed by atoms with van der Waals surface area (Å²) in [5, 5.41) is 14.1. The van der Waals surface area contributed by atoms with Crippen molar-refractivity contribution in [3.8, 4) is 5.75 Å². The molecule has 2 rings (SSSR count). The van der Waals surface area contributed by atoms with Crippen LogP contribution in [0, 0.1) is 15.9 Å². The maximum absolute atomic E-state index is 13.3. The van der Waals surface area contributed by atoms with Crippen molar-refractivity contribution in [1.29, 1.82) is 0 Å². The van der Waals surface area contributed by atoms with Crippen LogP contribution >= 0.6 is 0 Å². The van der Waals surface area contributed by atoms with Gasteiger partial charge in [-0.1, -0.05) is 12.5 Å². The highest BCUT2D eigenvalue weighted by atomic mass is 19.1. The Morgan fingerprint density at radius 1 is 1.47 bits per heavy atom. The van der Waals surface area contributed by atoms with E-state index in [1.54, 1.807) is 0 Å². The lowest BCUT2D eigenvalue weighted by molar-refractivity contribution is -0.388. The molecule has 0 amide bonds. The van der Waals surface area contributed by atoms with Crippen LogP contribution in [-0.2, 0) is 0 Å². The summed E-state index contributed by atoms with van der Waals surface area (Å²) in [5.74, 6) is -0.862. The lowest BCUT2D eigenvalue weighted by Gasteiger charge is -2.23. The van der Waals surface area contributed by atoms with Gasteiger partial charge in [-0.05, 0) is 37.9 Å². The van der Waals surface area contributed by atoms with Crippen LogP contribution in [-0.4, -0.2) is 24.1 Å². The number of benzene rings is 1. The third kappa shape index (κ3) is 3.64. The van der Waals surface area contributed by atoms with Gasteiger partial charge in [-0.3, -0.25) is 10.1 Å². The zero-order valence-electron chi connectivity index (χ0n) is 10.6. The Morgan fingerprint density at radius 3 is 3.00 bits per heavy atom. The molecule has 0 aliphatic carbocycles. The number of piperidine rings is 1. The second kappa shape index (κ2) is 6.47. The molecule has 1 N–H and O–H groups in total. The smallest absolute Gasteiger partial charge is 0.346 e. The summed E-state index contributed by atoms with van der Waals surface area (Å²) in [6.45, 7) is 1.35. The predicted molar refractivity (Wildman–Crippen MR) is 68.8 cm³/mol. The van der Waals surface area contributed by atoms with Gasteiger partial charge in [0.1, 0.15) is 0 Å². The summed E-state index contributed by atoms with van der Waals surface area (Å²) in [6, 6.07) is 4.29. The number of nitro benzene ring substituents is 1. The minimum Gasteiger partial charge on any atom is -0.487 e. The molecule has 1 aliphatic heterocycles. The van der Waals surface area contributed by atoms with E-state index in [0.717, 1.165) is 25.5 Å². The van der Waals surface area contributed by atoms with Crippen molar-refractivity contribution in [3.05, 3.63) is 34.1 Å². The van der Waals surface area contributed by atoms with Crippen LogP contribution in [0.5, 0.6) is 5.75 Å². The van der Waals surface area contributed by atoms with Crippen molar-refractivity contribution in [2.75, 3.05) is 13.2 Å². The lowest BCUT2D eigenvalue weighted by Crippen LogP contribution is -2.35. The number of rotatable bonds is 5. The van der Waals surface area contributed by atoms with Crippen molar-refractivity contribution in [2.24, 2.45) is 0 Å². The first kappa shape index (κ1) is 13.7. The number of hydrogen-bond donors (Lipinski definition) is 1. The Kier molecular flexibility index (Phi) is 4.68. The van der Waals surface area contributed by atoms with Crippen LogP contribution in [0.4, 0.5) is 10.1 Å². The standard InChI is InChI=1S/C13H17FN2O3/c14-11-5-3-6-12(13(11)16(17)18)19-9-7-10-4-1-2-8-15-10/h3,5-6,10,15H,1-2,4,7-9H2. The number of nitro groups is 1. The summed E-state index contributed by atoms with van der Waals surface area (Å²) in [5.41, 5.74) is -0.584. The van der Waals surface area contributed by atoms with Gasteiger partial charge in [0.25, 0.3) is 0 Å². The predicted octanol–water partition coefficient (Wildman–Crippen LogP) is 2.64. The maximum Gasteiger partial charge on any atom is 0.346 e. The Labute approximate surface area is 110 Å². The highest BCUT2D eigenvalue weighted by molar-refractivity contribution is 5.47. The maximum atomic E-state index is 13.3. The van der Waals surface area contributed by atoms with Gasteiger partial charge in [-0.25, -0.2) is 0 Å². The first-order valence-corrected chi connectivity index (χ1v) is 6.47. The monoisotopic (exact) mass is 268 g/mol. The molecule has 6 heteroatoms.